The van der Waals surface area contributed by atoms with Gasteiger partial charge in [0.1, 0.15) is 5.82 Å². The summed E-state index contributed by atoms with van der Waals surface area (Å²) >= 11 is 0. The monoisotopic (exact) mass is 257 g/mol. The van der Waals surface area contributed by atoms with E-state index in [4.69, 9.17) is 0 Å². The highest BCUT2D eigenvalue weighted by molar-refractivity contribution is 7.89. The van der Waals surface area contributed by atoms with Crippen LogP contribution in [0.3, 0.4) is 0 Å². The first-order chi connectivity index (χ1) is 7.74. The van der Waals surface area contributed by atoms with E-state index < -0.39 is 10.0 Å². The number of nitrogens with one attached hydrogen (secondary N) is 2. The highest BCUT2D eigenvalue weighted by Gasteiger charge is 2.18. The van der Waals surface area contributed by atoms with Crippen LogP contribution >= 0.6 is 0 Å². The number of nitrogens with zero attached hydrogens (tertiary/aromatic N) is 1. The van der Waals surface area contributed by atoms with Crippen LogP contribution in [0.5, 0.6) is 0 Å². The lowest BCUT2D eigenvalue weighted by molar-refractivity contribution is 0.407. The number of pyridine rings is 1. The zero-order valence-corrected chi connectivity index (χ0v) is 11.4. The molecule has 0 saturated carbocycles. The third-order valence-corrected chi connectivity index (χ3v) is 3.49. The molecule has 1 aromatic heterocycles. The maximum absolute atomic E-state index is 12.0. The fraction of sp³-hybridized carbons (Fsp3) is 0.545. The maximum atomic E-state index is 12.0. The summed E-state index contributed by atoms with van der Waals surface area (Å²) in [6, 6.07) is 2.98. The fourth-order valence-electron chi connectivity index (χ4n) is 1.11. The SMILES string of the molecule is CNc1cc(S(=O)(=O)NCC(C)(C)C)ccn1. The largest absolute Gasteiger partial charge is 0.373 e. The summed E-state index contributed by atoms with van der Waals surface area (Å²) < 4.78 is 26.5. The lowest BCUT2D eigenvalue weighted by Gasteiger charge is -2.18. The molecule has 5 nitrogen and oxygen atoms in total. The van der Waals surface area contributed by atoms with Crippen molar-refractivity contribution < 1.29 is 8.42 Å². The van der Waals surface area contributed by atoms with Gasteiger partial charge in [-0.3, -0.25) is 0 Å². The Kier molecular flexibility index (Phi) is 4.11. The molecule has 0 amide bonds. The first-order valence-electron chi connectivity index (χ1n) is 5.38. The molecule has 0 aromatic carbocycles. The molecule has 6 heteroatoms. The summed E-state index contributed by atoms with van der Waals surface area (Å²) in [5.41, 5.74) is -0.0913. The van der Waals surface area contributed by atoms with Crippen molar-refractivity contribution in [3.05, 3.63) is 18.3 Å². The molecule has 0 fully saturated rings. The smallest absolute Gasteiger partial charge is 0.240 e. The zero-order valence-electron chi connectivity index (χ0n) is 10.6. The molecule has 96 valence electrons. The fourth-order valence-corrected chi connectivity index (χ4v) is 2.41. The van der Waals surface area contributed by atoms with Gasteiger partial charge in [-0.15, -0.1) is 0 Å². The number of rotatable bonds is 4. The molecule has 0 saturated heterocycles. The molecule has 1 rings (SSSR count). The third-order valence-electron chi connectivity index (χ3n) is 2.09. The summed E-state index contributed by atoms with van der Waals surface area (Å²) in [4.78, 5) is 4.20. The Hall–Kier alpha value is -1.14. The normalized spacial score (nSPS) is 12.5. The zero-order chi connectivity index (χ0) is 13.1. The minimum absolute atomic E-state index is 0.0913. The quantitative estimate of drug-likeness (QED) is 0.856. The lowest BCUT2D eigenvalue weighted by atomic mass is 9.98. The second kappa shape index (κ2) is 5.01. The van der Waals surface area contributed by atoms with E-state index >= 15 is 0 Å². The Morgan fingerprint density at radius 3 is 2.53 bits per heavy atom. The Morgan fingerprint density at radius 1 is 1.35 bits per heavy atom. The van der Waals surface area contributed by atoms with Gasteiger partial charge in [0.15, 0.2) is 0 Å². The van der Waals surface area contributed by atoms with Crippen molar-refractivity contribution >= 4 is 15.8 Å². The van der Waals surface area contributed by atoms with Crippen LogP contribution in [-0.2, 0) is 10.0 Å². The van der Waals surface area contributed by atoms with E-state index in [1.54, 1.807) is 7.05 Å². The highest BCUT2D eigenvalue weighted by atomic mass is 32.2. The van der Waals surface area contributed by atoms with Crippen LogP contribution in [0.2, 0.25) is 0 Å². The van der Waals surface area contributed by atoms with Gasteiger partial charge in [0.05, 0.1) is 4.90 Å². The van der Waals surface area contributed by atoms with Crippen molar-refractivity contribution in [3.63, 3.8) is 0 Å². The van der Waals surface area contributed by atoms with Crippen molar-refractivity contribution in [2.24, 2.45) is 5.41 Å². The average molecular weight is 257 g/mol. The van der Waals surface area contributed by atoms with E-state index in [-0.39, 0.29) is 10.3 Å². The van der Waals surface area contributed by atoms with Crippen LogP contribution in [0.4, 0.5) is 5.82 Å². The molecule has 1 heterocycles. The summed E-state index contributed by atoms with van der Waals surface area (Å²) in [5.74, 6) is 0.531. The van der Waals surface area contributed by atoms with Crippen molar-refractivity contribution in [1.29, 1.82) is 0 Å². The molecule has 2 N–H and O–H groups in total. The third kappa shape index (κ3) is 4.32. The van der Waals surface area contributed by atoms with Crippen molar-refractivity contribution in [1.82, 2.24) is 9.71 Å². The molecule has 0 atom stereocenters. The molecule has 0 aliphatic carbocycles. The molecular formula is C11H19N3O2S. The van der Waals surface area contributed by atoms with Gasteiger partial charge in [0.2, 0.25) is 10.0 Å². The van der Waals surface area contributed by atoms with E-state index in [0.29, 0.717) is 12.4 Å². The van der Waals surface area contributed by atoms with Crippen LogP contribution in [0.1, 0.15) is 20.8 Å². The molecule has 0 aliphatic rings. The van der Waals surface area contributed by atoms with Gasteiger partial charge in [0, 0.05) is 25.9 Å². The molecule has 17 heavy (non-hydrogen) atoms. The number of anilines is 1. The van der Waals surface area contributed by atoms with Crippen molar-refractivity contribution in [2.75, 3.05) is 18.9 Å². The highest BCUT2D eigenvalue weighted by Crippen LogP contribution is 2.15. The molecular weight excluding hydrogens is 238 g/mol. The molecule has 1 aromatic rings. The van der Waals surface area contributed by atoms with Gasteiger partial charge in [-0.2, -0.15) is 0 Å². The van der Waals surface area contributed by atoms with E-state index in [2.05, 4.69) is 15.0 Å². The van der Waals surface area contributed by atoms with Crippen LogP contribution in [0.25, 0.3) is 0 Å². The van der Waals surface area contributed by atoms with Gasteiger partial charge in [-0.1, -0.05) is 20.8 Å². The molecule has 0 aliphatic heterocycles. The van der Waals surface area contributed by atoms with E-state index in [1.807, 2.05) is 20.8 Å². The second-order valence-corrected chi connectivity index (χ2v) is 6.78. The van der Waals surface area contributed by atoms with Crippen molar-refractivity contribution in [2.45, 2.75) is 25.7 Å². The topological polar surface area (TPSA) is 71.1 Å². The first-order valence-corrected chi connectivity index (χ1v) is 6.86. The van der Waals surface area contributed by atoms with Gasteiger partial charge < -0.3 is 5.32 Å². The molecule has 0 bridgehead atoms. The van der Waals surface area contributed by atoms with Gasteiger partial charge >= 0.3 is 0 Å². The van der Waals surface area contributed by atoms with E-state index in [1.165, 1.54) is 18.3 Å². The second-order valence-electron chi connectivity index (χ2n) is 5.01. The molecule has 0 unspecified atom stereocenters. The van der Waals surface area contributed by atoms with Crippen LogP contribution in [0.15, 0.2) is 23.2 Å². The van der Waals surface area contributed by atoms with Crippen molar-refractivity contribution in [3.8, 4) is 0 Å². The van der Waals surface area contributed by atoms with Crippen LogP contribution in [0, 0.1) is 5.41 Å². The Labute approximate surface area is 103 Å². The summed E-state index contributed by atoms with van der Waals surface area (Å²) in [7, 11) is -1.76. The summed E-state index contributed by atoms with van der Waals surface area (Å²) in [5, 5.41) is 2.81. The summed E-state index contributed by atoms with van der Waals surface area (Å²) in [6.45, 7) is 6.32. The number of hydrogen-bond donors (Lipinski definition) is 2. The van der Waals surface area contributed by atoms with Crippen LogP contribution in [-0.4, -0.2) is 27.0 Å². The van der Waals surface area contributed by atoms with Gasteiger partial charge in [-0.05, 0) is 11.5 Å². The Morgan fingerprint density at radius 2 is 2.00 bits per heavy atom. The number of aromatic nitrogens is 1. The average Bonchev–Trinajstić information content (AvgIpc) is 2.26. The molecule has 0 spiro atoms. The predicted molar refractivity (Wildman–Crippen MR) is 68.4 cm³/mol. The van der Waals surface area contributed by atoms with E-state index in [9.17, 15) is 8.42 Å². The number of hydrogen-bond acceptors (Lipinski definition) is 4. The number of sulfonamides is 1. The van der Waals surface area contributed by atoms with E-state index in [0.717, 1.165) is 0 Å². The molecule has 0 radical (unpaired) electrons. The standard InChI is InChI=1S/C11H19N3O2S/c1-11(2,3)8-14-17(15,16)9-5-6-13-10(7-9)12-4/h5-7,14H,8H2,1-4H3,(H,12,13). The van der Waals surface area contributed by atoms with Crippen LogP contribution < -0.4 is 10.0 Å². The predicted octanol–water partition coefficient (Wildman–Crippen LogP) is 1.45. The lowest BCUT2D eigenvalue weighted by Crippen LogP contribution is -2.32. The maximum Gasteiger partial charge on any atom is 0.240 e. The minimum Gasteiger partial charge on any atom is -0.373 e. The summed E-state index contributed by atoms with van der Waals surface area (Å²) in [6.07, 6.45) is 1.47. The Bertz CT molecular complexity index is 478. The van der Waals surface area contributed by atoms with Gasteiger partial charge in [0.25, 0.3) is 0 Å². The van der Waals surface area contributed by atoms with Gasteiger partial charge in [-0.25, -0.2) is 18.1 Å². The Balaban J connectivity index is 2.89. The minimum atomic E-state index is -3.46. The first kappa shape index (κ1) is 13.9.